The van der Waals surface area contributed by atoms with Crippen molar-refractivity contribution in [1.29, 1.82) is 0 Å². The molecule has 3 fully saturated rings. The van der Waals surface area contributed by atoms with Crippen molar-refractivity contribution < 1.29 is 9.90 Å². The molecule has 3 aliphatic rings. The molecule has 23 heavy (non-hydrogen) atoms. The van der Waals surface area contributed by atoms with E-state index in [-0.39, 0.29) is 24.1 Å². The van der Waals surface area contributed by atoms with Crippen LogP contribution >= 0.6 is 0 Å². The van der Waals surface area contributed by atoms with E-state index in [2.05, 4.69) is 29.2 Å². The highest BCUT2D eigenvalue weighted by Gasteiger charge is 2.66. The quantitative estimate of drug-likeness (QED) is 0.902. The summed E-state index contributed by atoms with van der Waals surface area (Å²) in [4.78, 5) is 16.5. The monoisotopic (exact) mass is 314 g/mol. The van der Waals surface area contributed by atoms with Crippen LogP contribution in [0.1, 0.15) is 37.7 Å². The van der Waals surface area contributed by atoms with Crippen molar-refractivity contribution in [3.63, 3.8) is 0 Å². The Balaban J connectivity index is 1.60. The van der Waals surface area contributed by atoms with Gasteiger partial charge in [-0.15, -0.1) is 0 Å². The van der Waals surface area contributed by atoms with E-state index in [9.17, 15) is 9.90 Å². The van der Waals surface area contributed by atoms with Gasteiger partial charge in [0.1, 0.15) is 0 Å². The molecule has 1 amide bonds. The van der Waals surface area contributed by atoms with Crippen LogP contribution in [0.2, 0.25) is 0 Å². The Hall–Kier alpha value is -1.39. The fourth-order valence-electron chi connectivity index (χ4n) is 4.65. The molecule has 1 saturated carbocycles. The molecule has 4 nitrogen and oxygen atoms in total. The van der Waals surface area contributed by atoms with E-state index in [1.165, 1.54) is 18.4 Å². The lowest BCUT2D eigenvalue weighted by molar-refractivity contribution is -0.197. The molecule has 2 atom stereocenters. The van der Waals surface area contributed by atoms with Crippen molar-refractivity contribution in [2.45, 2.75) is 43.7 Å². The van der Waals surface area contributed by atoms with Crippen LogP contribution in [-0.4, -0.2) is 58.6 Å². The molecule has 1 aliphatic carbocycles. The summed E-state index contributed by atoms with van der Waals surface area (Å²) >= 11 is 0. The lowest BCUT2D eigenvalue weighted by Crippen LogP contribution is -2.85. The number of rotatable bonds is 5. The van der Waals surface area contributed by atoms with Gasteiger partial charge in [0.2, 0.25) is 5.91 Å². The summed E-state index contributed by atoms with van der Waals surface area (Å²) in [6.07, 6.45) is 3.22. The van der Waals surface area contributed by atoms with E-state index >= 15 is 0 Å². The Labute approximate surface area is 138 Å². The highest BCUT2D eigenvalue weighted by molar-refractivity contribution is 5.77. The number of likely N-dealkylation sites (tertiary alicyclic amines) is 2. The third kappa shape index (κ3) is 2.31. The first-order valence-corrected chi connectivity index (χ1v) is 8.90. The van der Waals surface area contributed by atoms with Gasteiger partial charge in [-0.25, -0.2) is 0 Å². The van der Waals surface area contributed by atoms with Crippen molar-refractivity contribution in [2.24, 2.45) is 5.92 Å². The molecular formula is C19H26N2O2. The van der Waals surface area contributed by atoms with Gasteiger partial charge in [-0.1, -0.05) is 37.3 Å². The summed E-state index contributed by atoms with van der Waals surface area (Å²) in [5.74, 6) is 1.39. The Kier molecular flexibility index (Phi) is 3.69. The van der Waals surface area contributed by atoms with Gasteiger partial charge in [-0.2, -0.15) is 0 Å². The van der Waals surface area contributed by atoms with Crippen LogP contribution in [0.5, 0.6) is 0 Å². The zero-order valence-corrected chi connectivity index (χ0v) is 13.8. The van der Waals surface area contributed by atoms with Crippen LogP contribution in [0.25, 0.3) is 0 Å². The van der Waals surface area contributed by atoms with E-state index < -0.39 is 0 Å². The van der Waals surface area contributed by atoms with E-state index in [0.29, 0.717) is 12.3 Å². The number of nitrogens with zero attached hydrogens (tertiary/aromatic N) is 2. The third-order valence-electron chi connectivity index (χ3n) is 6.02. The van der Waals surface area contributed by atoms with E-state index in [1.54, 1.807) is 0 Å². The summed E-state index contributed by atoms with van der Waals surface area (Å²) in [6, 6.07) is 10.8. The molecule has 0 bridgehead atoms. The molecule has 2 saturated heterocycles. The predicted molar refractivity (Wildman–Crippen MR) is 89.1 cm³/mol. The molecule has 0 unspecified atom stereocenters. The largest absolute Gasteiger partial charge is 0.395 e. The van der Waals surface area contributed by atoms with Gasteiger partial charge in [-0.3, -0.25) is 9.69 Å². The predicted octanol–water partition coefficient (Wildman–Crippen LogP) is 1.85. The Bertz CT molecular complexity index is 578. The Morgan fingerprint density at radius 3 is 2.52 bits per heavy atom. The maximum absolute atomic E-state index is 12.0. The second-order valence-corrected chi connectivity index (χ2v) is 7.44. The summed E-state index contributed by atoms with van der Waals surface area (Å²) in [5, 5.41) is 9.97. The third-order valence-corrected chi connectivity index (χ3v) is 6.02. The maximum atomic E-state index is 12.0. The Morgan fingerprint density at radius 1 is 1.26 bits per heavy atom. The van der Waals surface area contributed by atoms with Gasteiger partial charge in [0.05, 0.1) is 12.1 Å². The molecule has 4 heteroatoms. The molecule has 1 aromatic carbocycles. The average Bonchev–Trinajstić information content (AvgIpc) is 3.34. The SMILES string of the molecule is CCC(=O)N1CC2(C1)[C@@H](c1ccccc1)[C@@H](CO)N2CC1CC1. The smallest absolute Gasteiger partial charge is 0.222 e. The molecule has 2 heterocycles. The van der Waals surface area contributed by atoms with Crippen molar-refractivity contribution >= 4 is 5.91 Å². The minimum Gasteiger partial charge on any atom is -0.395 e. The number of amides is 1. The van der Waals surface area contributed by atoms with E-state index in [4.69, 9.17) is 0 Å². The molecule has 2 aliphatic heterocycles. The first-order valence-electron chi connectivity index (χ1n) is 8.90. The summed E-state index contributed by atoms with van der Waals surface area (Å²) < 4.78 is 0. The van der Waals surface area contributed by atoms with Crippen LogP contribution in [0, 0.1) is 5.92 Å². The van der Waals surface area contributed by atoms with Crippen molar-refractivity contribution in [2.75, 3.05) is 26.2 Å². The topological polar surface area (TPSA) is 43.8 Å². The van der Waals surface area contributed by atoms with Gasteiger partial charge in [0, 0.05) is 38.0 Å². The number of benzene rings is 1. The normalized spacial score (nSPS) is 29.2. The fraction of sp³-hybridized carbons (Fsp3) is 0.632. The lowest BCUT2D eigenvalue weighted by Gasteiger charge is -2.71. The summed E-state index contributed by atoms with van der Waals surface area (Å²) in [7, 11) is 0. The number of carbonyl (C=O) groups is 1. The number of hydrogen-bond donors (Lipinski definition) is 1. The van der Waals surface area contributed by atoms with E-state index in [1.807, 2.05) is 17.9 Å². The maximum Gasteiger partial charge on any atom is 0.222 e. The van der Waals surface area contributed by atoms with Gasteiger partial charge in [0.25, 0.3) is 0 Å². The summed E-state index contributed by atoms with van der Waals surface area (Å²) in [5.41, 5.74) is 1.37. The van der Waals surface area contributed by atoms with Gasteiger partial charge in [-0.05, 0) is 24.3 Å². The molecule has 1 spiro atoms. The lowest BCUT2D eigenvalue weighted by atomic mass is 9.60. The molecule has 0 radical (unpaired) electrons. The second kappa shape index (κ2) is 5.60. The number of hydrogen-bond acceptors (Lipinski definition) is 3. The molecular weight excluding hydrogens is 288 g/mol. The minimum absolute atomic E-state index is 0.0577. The van der Waals surface area contributed by atoms with Crippen molar-refractivity contribution in [1.82, 2.24) is 9.80 Å². The van der Waals surface area contributed by atoms with E-state index in [0.717, 1.165) is 25.6 Å². The minimum atomic E-state index is 0.0577. The molecule has 0 aromatic heterocycles. The highest BCUT2D eigenvalue weighted by atomic mass is 16.3. The fourth-order valence-corrected chi connectivity index (χ4v) is 4.65. The van der Waals surface area contributed by atoms with Gasteiger partial charge >= 0.3 is 0 Å². The van der Waals surface area contributed by atoms with Gasteiger partial charge in [0.15, 0.2) is 0 Å². The molecule has 124 valence electrons. The highest BCUT2D eigenvalue weighted by Crippen LogP contribution is 2.55. The molecule has 4 rings (SSSR count). The van der Waals surface area contributed by atoms with Crippen LogP contribution in [0.3, 0.4) is 0 Å². The zero-order valence-electron chi connectivity index (χ0n) is 13.8. The Morgan fingerprint density at radius 2 is 1.96 bits per heavy atom. The zero-order chi connectivity index (χ0) is 16.0. The average molecular weight is 314 g/mol. The molecule has 1 aromatic rings. The van der Waals surface area contributed by atoms with Crippen LogP contribution in [0.4, 0.5) is 0 Å². The van der Waals surface area contributed by atoms with Gasteiger partial charge < -0.3 is 10.0 Å². The van der Waals surface area contributed by atoms with Crippen LogP contribution in [-0.2, 0) is 4.79 Å². The number of carbonyl (C=O) groups excluding carboxylic acids is 1. The number of aliphatic hydroxyl groups excluding tert-OH is 1. The van der Waals surface area contributed by atoms with Crippen LogP contribution < -0.4 is 0 Å². The first-order chi connectivity index (χ1) is 11.2. The standard InChI is InChI=1S/C19H26N2O2/c1-2-17(23)20-12-19(13-20)18(15-6-4-3-5-7-15)16(11-22)21(19)10-14-8-9-14/h3-7,14,16,18,22H,2,8-13H2,1H3/t16-,18+/m1/s1. The number of aliphatic hydroxyl groups is 1. The second-order valence-electron chi connectivity index (χ2n) is 7.44. The van der Waals surface area contributed by atoms with Crippen molar-refractivity contribution in [3.05, 3.63) is 35.9 Å². The van der Waals surface area contributed by atoms with Crippen LogP contribution in [0.15, 0.2) is 30.3 Å². The molecule has 1 N–H and O–H groups in total. The summed E-state index contributed by atoms with van der Waals surface area (Å²) in [6.45, 7) is 4.87. The van der Waals surface area contributed by atoms with Crippen molar-refractivity contribution in [3.8, 4) is 0 Å². The first kappa shape index (κ1) is 15.2.